The lowest BCUT2D eigenvalue weighted by molar-refractivity contribution is -0.151. The van der Waals surface area contributed by atoms with Crippen molar-refractivity contribution < 1.29 is 33.7 Å². The highest BCUT2D eigenvalue weighted by atomic mass is 16.7. The summed E-state index contributed by atoms with van der Waals surface area (Å²) in [4.78, 5) is 32.0. The van der Waals surface area contributed by atoms with Crippen LogP contribution in [0.15, 0.2) is 12.7 Å². The highest BCUT2D eigenvalue weighted by molar-refractivity contribution is 5.93. The minimum atomic E-state index is -1.17. The van der Waals surface area contributed by atoms with Gasteiger partial charge in [0.25, 0.3) is 0 Å². The van der Waals surface area contributed by atoms with Crippen molar-refractivity contribution in [2.75, 3.05) is 14.2 Å². The normalized spacial score (nSPS) is 27.2. The molecule has 1 aliphatic heterocycles. The molecule has 1 heterocycles. The summed E-state index contributed by atoms with van der Waals surface area (Å²) in [7, 11) is 2.56. The fourth-order valence-electron chi connectivity index (χ4n) is 2.11. The molecule has 1 saturated heterocycles. The summed E-state index contributed by atoms with van der Waals surface area (Å²) in [5.41, 5.74) is -1.17. The van der Waals surface area contributed by atoms with E-state index in [1.807, 2.05) is 0 Å². The van der Waals surface area contributed by atoms with Gasteiger partial charge in [0.05, 0.1) is 14.2 Å². The van der Waals surface area contributed by atoms with Crippen LogP contribution in [0, 0.1) is 5.92 Å². The molecule has 1 saturated carbocycles. The van der Waals surface area contributed by atoms with Crippen molar-refractivity contribution in [3.63, 3.8) is 0 Å². The van der Waals surface area contributed by atoms with Crippen LogP contribution in [0.4, 0.5) is 0 Å². The largest absolute Gasteiger partial charge is 0.479 e. The summed E-state index contributed by atoms with van der Waals surface area (Å²) in [6, 6.07) is 0. The second-order valence-electron chi connectivity index (χ2n) is 4.48. The number of carbonyl (C=O) groups is 3. The van der Waals surface area contributed by atoms with E-state index in [1.54, 1.807) is 0 Å². The minimum Gasteiger partial charge on any atom is -0.479 e. The van der Waals surface area contributed by atoms with Crippen LogP contribution in [0.2, 0.25) is 0 Å². The van der Waals surface area contributed by atoms with Crippen molar-refractivity contribution in [2.45, 2.75) is 31.0 Å². The number of aliphatic carboxylic acids is 1. The molecule has 7 nitrogen and oxygen atoms in total. The fraction of sp³-hybridized carbons (Fsp3) is 0.615. The Labute approximate surface area is 116 Å². The topological polar surface area (TPSA) is 102 Å². The van der Waals surface area contributed by atoms with Gasteiger partial charge in [-0.3, -0.25) is 0 Å². The molecular formula is C13H18O7. The molecule has 1 aliphatic carbocycles. The van der Waals surface area contributed by atoms with E-state index in [1.165, 1.54) is 14.2 Å². The van der Waals surface area contributed by atoms with Gasteiger partial charge in [0.2, 0.25) is 5.60 Å². The predicted octanol–water partition coefficient (Wildman–Crippen LogP) is 0.527. The summed E-state index contributed by atoms with van der Waals surface area (Å²) in [5, 5.41) is 8.77. The van der Waals surface area contributed by atoms with Crippen molar-refractivity contribution in [1.29, 1.82) is 0 Å². The van der Waals surface area contributed by atoms with Gasteiger partial charge < -0.3 is 19.3 Å². The van der Waals surface area contributed by atoms with Gasteiger partial charge in [-0.15, -0.1) is 0 Å². The zero-order valence-corrected chi connectivity index (χ0v) is 11.5. The number of methoxy groups -OCH3 is 2. The van der Waals surface area contributed by atoms with E-state index in [0.29, 0.717) is 0 Å². The van der Waals surface area contributed by atoms with Crippen molar-refractivity contribution in [1.82, 2.24) is 0 Å². The summed E-state index contributed by atoms with van der Waals surface area (Å²) in [6.07, 6.45) is 2.83. The van der Waals surface area contributed by atoms with E-state index in [4.69, 9.17) is 9.84 Å². The van der Waals surface area contributed by atoms with Gasteiger partial charge in [0.1, 0.15) is 0 Å². The van der Waals surface area contributed by atoms with E-state index in [9.17, 15) is 14.4 Å². The van der Waals surface area contributed by atoms with Crippen LogP contribution in [-0.4, -0.2) is 48.9 Å². The molecule has 0 aromatic heterocycles. The van der Waals surface area contributed by atoms with E-state index in [2.05, 4.69) is 16.1 Å². The van der Waals surface area contributed by atoms with Crippen molar-refractivity contribution in [3.8, 4) is 0 Å². The molecule has 1 N–H and O–H groups in total. The second-order valence-corrected chi connectivity index (χ2v) is 4.48. The van der Waals surface area contributed by atoms with Crippen LogP contribution in [0.1, 0.15) is 19.3 Å². The molecule has 2 atom stereocenters. The molecule has 20 heavy (non-hydrogen) atoms. The minimum absolute atomic E-state index is 0.0241. The number of hydrogen-bond donors (Lipinski definition) is 1. The van der Waals surface area contributed by atoms with Gasteiger partial charge in [-0.05, 0) is 12.8 Å². The Hall–Kier alpha value is -1.89. The number of hydrogen-bond acceptors (Lipinski definition) is 6. The van der Waals surface area contributed by atoms with Crippen LogP contribution in [-0.2, 0) is 28.6 Å². The number of epoxide rings is 1. The molecule has 2 aliphatic rings. The molecule has 0 spiro atoms. The predicted molar refractivity (Wildman–Crippen MR) is 66.8 cm³/mol. The maximum Gasteiger partial charge on any atom is 0.341 e. The molecule has 0 aromatic carbocycles. The van der Waals surface area contributed by atoms with Gasteiger partial charge >= 0.3 is 17.9 Å². The van der Waals surface area contributed by atoms with E-state index in [-0.39, 0.29) is 5.92 Å². The van der Waals surface area contributed by atoms with E-state index >= 15 is 0 Å². The Balaban J connectivity index is 0.000000286. The molecule has 2 rings (SSSR count). The third-order valence-electron chi connectivity index (χ3n) is 3.45. The van der Waals surface area contributed by atoms with Gasteiger partial charge in [-0.25, -0.2) is 14.4 Å². The third-order valence-corrected chi connectivity index (χ3v) is 3.45. The Morgan fingerprint density at radius 1 is 1.30 bits per heavy atom. The number of carbonyl (C=O) groups excluding carboxylic acids is 2. The smallest absolute Gasteiger partial charge is 0.341 e. The first-order valence-electron chi connectivity index (χ1n) is 6.13. The van der Waals surface area contributed by atoms with E-state index in [0.717, 1.165) is 25.3 Å². The summed E-state index contributed by atoms with van der Waals surface area (Å²) in [5.74, 6) is -2.00. The quantitative estimate of drug-likeness (QED) is 0.456. The molecule has 112 valence electrons. The number of esters is 2. The highest BCUT2D eigenvalue weighted by Crippen LogP contribution is 2.52. The summed E-state index contributed by atoms with van der Waals surface area (Å²) < 4.78 is 13.8. The average Bonchev–Trinajstić information content (AvgIpc) is 3.12. The standard InChI is InChI=1S/C9H12O5.C4H6O2/c1-13-8(12)9(5-3-2-4-5)6(14-9)7(10)11;1-3-4(5)6-2/h5-6H,2-4H2,1H3,(H,10,11);3H,1H2,2H3. The monoisotopic (exact) mass is 286 g/mol. The van der Waals surface area contributed by atoms with Crippen LogP contribution < -0.4 is 0 Å². The molecule has 0 aromatic rings. The third kappa shape index (κ3) is 2.98. The van der Waals surface area contributed by atoms with Gasteiger partial charge in [-0.2, -0.15) is 0 Å². The molecule has 0 amide bonds. The highest BCUT2D eigenvalue weighted by Gasteiger charge is 2.72. The van der Waals surface area contributed by atoms with Crippen LogP contribution >= 0.6 is 0 Å². The SMILES string of the molecule is C=CC(=O)OC.COC(=O)C1(C2CCC2)OC1C(=O)O. The lowest BCUT2D eigenvalue weighted by Gasteiger charge is -2.29. The van der Waals surface area contributed by atoms with Crippen LogP contribution in [0.3, 0.4) is 0 Å². The Morgan fingerprint density at radius 3 is 2.10 bits per heavy atom. The number of carboxylic acids is 1. The number of ether oxygens (including phenoxy) is 3. The second kappa shape index (κ2) is 6.51. The van der Waals surface area contributed by atoms with Gasteiger partial charge in [0, 0.05) is 12.0 Å². The van der Waals surface area contributed by atoms with Crippen molar-refractivity contribution in [2.24, 2.45) is 5.92 Å². The number of rotatable bonds is 4. The zero-order valence-electron chi connectivity index (χ0n) is 11.5. The maximum absolute atomic E-state index is 11.4. The molecule has 0 radical (unpaired) electrons. The lowest BCUT2D eigenvalue weighted by atomic mass is 9.74. The molecule has 7 heteroatoms. The first-order chi connectivity index (χ1) is 9.43. The van der Waals surface area contributed by atoms with Crippen molar-refractivity contribution in [3.05, 3.63) is 12.7 Å². The van der Waals surface area contributed by atoms with Gasteiger partial charge in [0.15, 0.2) is 6.10 Å². The zero-order chi connectivity index (χ0) is 15.3. The van der Waals surface area contributed by atoms with Crippen molar-refractivity contribution >= 4 is 17.9 Å². The first kappa shape index (κ1) is 16.2. The molecular weight excluding hydrogens is 268 g/mol. The Morgan fingerprint density at radius 2 is 1.90 bits per heavy atom. The Bertz CT molecular complexity index is 413. The lowest BCUT2D eigenvalue weighted by Crippen LogP contribution is -2.42. The van der Waals surface area contributed by atoms with Crippen LogP contribution in [0.5, 0.6) is 0 Å². The summed E-state index contributed by atoms with van der Waals surface area (Å²) >= 11 is 0. The van der Waals surface area contributed by atoms with E-state index < -0.39 is 29.6 Å². The summed E-state index contributed by atoms with van der Waals surface area (Å²) in [6.45, 7) is 3.16. The first-order valence-corrected chi connectivity index (χ1v) is 6.13. The number of carboxylic acid groups (broad SMARTS) is 1. The average molecular weight is 286 g/mol. The molecule has 0 bridgehead atoms. The van der Waals surface area contributed by atoms with Gasteiger partial charge in [-0.1, -0.05) is 13.0 Å². The Kier molecular flexibility index (Phi) is 5.26. The fourth-order valence-corrected chi connectivity index (χ4v) is 2.11. The molecule has 2 unspecified atom stereocenters. The molecule has 2 fully saturated rings. The maximum atomic E-state index is 11.4. The van der Waals surface area contributed by atoms with Crippen LogP contribution in [0.25, 0.3) is 0 Å².